The first kappa shape index (κ1) is 15.2. The van der Waals surface area contributed by atoms with Crippen molar-refractivity contribution in [2.75, 3.05) is 0 Å². The number of hydrogen-bond acceptors (Lipinski definition) is 4. The van der Waals surface area contributed by atoms with Crippen LogP contribution < -0.4 is 11.1 Å². The van der Waals surface area contributed by atoms with Gasteiger partial charge in [-0.15, -0.1) is 0 Å². The standard InChI is InChI=1S/C15H21N5O/c1-10-5-11(7-18-15(2,3)4)6-17-14(10)20-9-12(8-19-20)13(16)21/h5-6,8-9,18H,7H2,1-4H3,(H2,16,21). The van der Waals surface area contributed by atoms with Crippen LogP contribution >= 0.6 is 0 Å². The smallest absolute Gasteiger partial charge is 0.251 e. The van der Waals surface area contributed by atoms with Crippen LogP contribution in [0.1, 0.15) is 42.3 Å². The predicted octanol–water partition coefficient (Wildman–Crippen LogP) is 1.56. The summed E-state index contributed by atoms with van der Waals surface area (Å²) in [6.45, 7) is 9.09. The molecular formula is C15H21N5O. The number of nitrogens with one attached hydrogen (secondary N) is 1. The maximum atomic E-state index is 11.1. The van der Waals surface area contributed by atoms with E-state index in [0.29, 0.717) is 11.4 Å². The highest BCUT2D eigenvalue weighted by Gasteiger charge is 2.11. The van der Waals surface area contributed by atoms with Crippen LogP contribution in [0.3, 0.4) is 0 Å². The molecule has 0 aliphatic heterocycles. The van der Waals surface area contributed by atoms with Crippen LogP contribution in [-0.2, 0) is 6.54 Å². The second-order valence-electron chi connectivity index (χ2n) is 6.13. The van der Waals surface area contributed by atoms with E-state index in [1.807, 2.05) is 13.1 Å². The fraction of sp³-hybridized carbons (Fsp3) is 0.400. The van der Waals surface area contributed by atoms with Gasteiger partial charge in [0.1, 0.15) is 0 Å². The summed E-state index contributed by atoms with van der Waals surface area (Å²) in [7, 11) is 0. The highest BCUT2D eigenvalue weighted by Crippen LogP contribution is 2.13. The molecule has 0 atom stereocenters. The van der Waals surface area contributed by atoms with Gasteiger partial charge in [-0.3, -0.25) is 4.79 Å². The Bertz CT molecular complexity index is 654. The van der Waals surface area contributed by atoms with Crippen LogP contribution in [0.5, 0.6) is 0 Å². The van der Waals surface area contributed by atoms with E-state index >= 15 is 0 Å². The van der Waals surface area contributed by atoms with Crippen molar-refractivity contribution in [2.24, 2.45) is 5.73 Å². The van der Waals surface area contributed by atoms with Gasteiger partial charge >= 0.3 is 0 Å². The van der Waals surface area contributed by atoms with Gasteiger partial charge in [0, 0.05) is 24.5 Å². The number of aryl methyl sites for hydroxylation is 1. The van der Waals surface area contributed by atoms with Crippen molar-refractivity contribution in [2.45, 2.75) is 39.8 Å². The maximum Gasteiger partial charge on any atom is 0.251 e. The maximum absolute atomic E-state index is 11.1. The molecule has 3 N–H and O–H groups in total. The van der Waals surface area contributed by atoms with Gasteiger partial charge in [-0.1, -0.05) is 0 Å². The summed E-state index contributed by atoms with van der Waals surface area (Å²) in [5, 5.41) is 7.54. The minimum absolute atomic E-state index is 0.0605. The fourth-order valence-electron chi connectivity index (χ4n) is 1.90. The third-order valence-electron chi connectivity index (χ3n) is 3.01. The molecular weight excluding hydrogens is 266 g/mol. The number of nitrogens with two attached hydrogens (primary N) is 1. The molecule has 0 saturated carbocycles. The molecule has 0 aliphatic rings. The van der Waals surface area contributed by atoms with E-state index in [4.69, 9.17) is 5.73 Å². The van der Waals surface area contributed by atoms with E-state index in [-0.39, 0.29) is 5.54 Å². The van der Waals surface area contributed by atoms with E-state index < -0.39 is 5.91 Å². The summed E-state index contributed by atoms with van der Waals surface area (Å²) in [5.41, 5.74) is 7.75. The number of amides is 1. The topological polar surface area (TPSA) is 85.8 Å². The van der Waals surface area contributed by atoms with E-state index in [9.17, 15) is 4.79 Å². The SMILES string of the molecule is Cc1cc(CNC(C)(C)C)cnc1-n1cc(C(N)=O)cn1. The molecule has 0 spiro atoms. The summed E-state index contributed by atoms with van der Waals surface area (Å²) in [4.78, 5) is 15.5. The molecule has 0 unspecified atom stereocenters. The first-order valence-corrected chi connectivity index (χ1v) is 6.82. The summed E-state index contributed by atoms with van der Waals surface area (Å²) in [6.07, 6.45) is 4.84. The van der Waals surface area contributed by atoms with Crippen molar-refractivity contribution >= 4 is 5.91 Å². The van der Waals surface area contributed by atoms with Crippen molar-refractivity contribution in [3.8, 4) is 5.82 Å². The lowest BCUT2D eigenvalue weighted by Gasteiger charge is -2.20. The van der Waals surface area contributed by atoms with Crippen molar-refractivity contribution in [1.29, 1.82) is 0 Å². The van der Waals surface area contributed by atoms with Gasteiger partial charge in [0.15, 0.2) is 5.82 Å². The van der Waals surface area contributed by atoms with E-state index in [2.05, 4.69) is 42.2 Å². The fourth-order valence-corrected chi connectivity index (χ4v) is 1.90. The summed E-state index contributed by atoms with van der Waals surface area (Å²) >= 11 is 0. The van der Waals surface area contributed by atoms with Crippen molar-refractivity contribution in [1.82, 2.24) is 20.1 Å². The molecule has 2 aromatic heterocycles. The highest BCUT2D eigenvalue weighted by atomic mass is 16.1. The van der Waals surface area contributed by atoms with Crippen LogP contribution in [0.15, 0.2) is 24.7 Å². The third kappa shape index (κ3) is 3.88. The number of rotatable bonds is 4. The number of primary amides is 1. The zero-order chi connectivity index (χ0) is 15.6. The molecule has 0 saturated heterocycles. The lowest BCUT2D eigenvalue weighted by Crippen LogP contribution is -2.35. The van der Waals surface area contributed by atoms with Crippen LogP contribution in [0.2, 0.25) is 0 Å². The molecule has 6 nitrogen and oxygen atoms in total. The van der Waals surface area contributed by atoms with Crippen LogP contribution in [0, 0.1) is 6.92 Å². The predicted molar refractivity (Wildman–Crippen MR) is 81.2 cm³/mol. The van der Waals surface area contributed by atoms with E-state index in [0.717, 1.165) is 17.7 Å². The normalized spacial score (nSPS) is 11.6. The minimum atomic E-state index is -0.495. The summed E-state index contributed by atoms with van der Waals surface area (Å²) < 4.78 is 1.57. The lowest BCUT2D eigenvalue weighted by molar-refractivity contribution is 0.100. The van der Waals surface area contributed by atoms with Crippen LogP contribution in [0.4, 0.5) is 0 Å². The molecule has 0 fully saturated rings. The monoisotopic (exact) mass is 287 g/mol. The molecule has 0 aliphatic carbocycles. The van der Waals surface area contributed by atoms with E-state index in [1.54, 1.807) is 10.9 Å². The summed E-state index contributed by atoms with van der Waals surface area (Å²) in [6, 6.07) is 2.06. The Kier molecular flexibility index (Phi) is 4.09. The van der Waals surface area contributed by atoms with Crippen LogP contribution in [0.25, 0.3) is 5.82 Å². The largest absolute Gasteiger partial charge is 0.366 e. The Morgan fingerprint density at radius 3 is 2.62 bits per heavy atom. The second-order valence-corrected chi connectivity index (χ2v) is 6.13. The molecule has 0 bridgehead atoms. The van der Waals surface area contributed by atoms with Gasteiger partial charge in [-0.25, -0.2) is 9.67 Å². The average Bonchev–Trinajstić information content (AvgIpc) is 2.85. The van der Waals surface area contributed by atoms with Gasteiger partial charge in [0.25, 0.3) is 5.91 Å². The number of carbonyl (C=O) groups is 1. The highest BCUT2D eigenvalue weighted by molar-refractivity contribution is 5.92. The Morgan fingerprint density at radius 2 is 2.10 bits per heavy atom. The number of nitrogens with zero attached hydrogens (tertiary/aromatic N) is 3. The second kappa shape index (κ2) is 5.65. The van der Waals surface area contributed by atoms with Crippen molar-refractivity contribution in [3.63, 3.8) is 0 Å². The first-order valence-electron chi connectivity index (χ1n) is 6.82. The Morgan fingerprint density at radius 1 is 1.38 bits per heavy atom. The molecule has 2 heterocycles. The molecule has 112 valence electrons. The van der Waals surface area contributed by atoms with Gasteiger partial charge in [-0.05, 0) is 44.9 Å². The minimum Gasteiger partial charge on any atom is -0.366 e. The molecule has 2 rings (SSSR count). The number of aromatic nitrogens is 3. The lowest BCUT2D eigenvalue weighted by atomic mass is 10.1. The Labute approximate surface area is 124 Å². The van der Waals surface area contributed by atoms with Crippen molar-refractivity contribution in [3.05, 3.63) is 41.3 Å². The zero-order valence-electron chi connectivity index (χ0n) is 12.8. The summed E-state index contributed by atoms with van der Waals surface area (Å²) in [5.74, 6) is 0.201. The number of pyridine rings is 1. The van der Waals surface area contributed by atoms with Gasteiger partial charge in [0.05, 0.1) is 11.8 Å². The molecule has 21 heavy (non-hydrogen) atoms. The molecule has 6 heteroatoms. The van der Waals surface area contributed by atoms with Gasteiger partial charge in [-0.2, -0.15) is 5.10 Å². The quantitative estimate of drug-likeness (QED) is 0.893. The number of hydrogen-bond donors (Lipinski definition) is 2. The first-order chi connectivity index (χ1) is 9.76. The molecule has 1 amide bonds. The average molecular weight is 287 g/mol. The molecule has 0 aromatic carbocycles. The van der Waals surface area contributed by atoms with Gasteiger partial charge in [0.2, 0.25) is 0 Å². The Balaban J connectivity index is 2.20. The number of carbonyl (C=O) groups excluding carboxylic acids is 1. The Hall–Kier alpha value is -2.21. The van der Waals surface area contributed by atoms with Crippen molar-refractivity contribution < 1.29 is 4.79 Å². The van der Waals surface area contributed by atoms with E-state index in [1.165, 1.54) is 6.20 Å². The van der Waals surface area contributed by atoms with Crippen LogP contribution in [-0.4, -0.2) is 26.2 Å². The zero-order valence-corrected chi connectivity index (χ0v) is 12.8. The molecule has 2 aromatic rings. The molecule has 0 radical (unpaired) electrons. The van der Waals surface area contributed by atoms with Gasteiger partial charge < -0.3 is 11.1 Å². The third-order valence-corrected chi connectivity index (χ3v) is 3.01.